The van der Waals surface area contributed by atoms with Crippen molar-refractivity contribution in [2.75, 3.05) is 23.4 Å². The first kappa shape index (κ1) is 21.3. The van der Waals surface area contributed by atoms with Crippen molar-refractivity contribution in [3.05, 3.63) is 57.0 Å². The molecule has 29 heavy (non-hydrogen) atoms. The fraction of sp³-hybridized carbons (Fsp3) is 0.286. The second-order valence-corrected chi connectivity index (χ2v) is 8.28. The number of nitrogens with zero attached hydrogens (tertiary/aromatic N) is 1. The molecule has 1 fully saturated rings. The third-order valence-electron chi connectivity index (χ3n) is 4.73. The second-order valence-electron chi connectivity index (χ2n) is 6.95. The lowest BCUT2D eigenvalue weighted by Crippen LogP contribution is -2.28. The van der Waals surface area contributed by atoms with Crippen molar-refractivity contribution in [2.24, 2.45) is 5.92 Å². The van der Waals surface area contributed by atoms with E-state index in [0.717, 1.165) is 15.6 Å². The van der Waals surface area contributed by atoms with Crippen LogP contribution >= 0.6 is 27.5 Å². The van der Waals surface area contributed by atoms with Crippen LogP contribution in [0.5, 0.6) is 0 Å². The van der Waals surface area contributed by atoms with Gasteiger partial charge in [-0.05, 0) is 55.3 Å². The van der Waals surface area contributed by atoms with Crippen LogP contribution < -0.4 is 10.2 Å². The summed E-state index contributed by atoms with van der Waals surface area (Å²) in [6.07, 6.45) is 0.0395. The molecule has 0 bridgehead atoms. The number of hydrogen-bond acceptors (Lipinski definition) is 4. The molecule has 1 saturated heterocycles. The van der Waals surface area contributed by atoms with E-state index in [9.17, 15) is 14.4 Å². The molecular weight excluding hydrogens is 460 g/mol. The first-order chi connectivity index (χ1) is 13.7. The van der Waals surface area contributed by atoms with Gasteiger partial charge in [-0.25, -0.2) is 0 Å². The highest BCUT2D eigenvalue weighted by Crippen LogP contribution is 2.29. The summed E-state index contributed by atoms with van der Waals surface area (Å²) in [4.78, 5) is 38.3. The molecule has 0 unspecified atom stereocenters. The number of carbonyl (C=O) groups is 3. The van der Waals surface area contributed by atoms with Gasteiger partial charge in [0.15, 0.2) is 6.61 Å². The smallest absolute Gasteiger partial charge is 0.311 e. The maximum Gasteiger partial charge on any atom is 0.311 e. The van der Waals surface area contributed by atoms with Crippen LogP contribution in [0.2, 0.25) is 5.02 Å². The Balaban J connectivity index is 1.55. The summed E-state index contributed by atoms with van der Waals surface area (Å²) in [6, 6.07) is 10.8. The molecule has 2 aromatic rings. The predicted octanol–water partition coefficient (Wildman–Crippen LogP) is 4.25. The molecule has 2 amide bonds. The van der Waals surface area contributed by atoms with E-state index in [-0.39, 0.29) is 18.9 Å². The molecule has 0 radical (unpaired) electrons. The Morgan fingerprint density at radius 1 is 1.21 bits per heavy atom. The van der Waals surface area contributed by atoms with Crippen LogP contribution in [-0.4, -0.2) is 30.9 Å². The maximum atomic E-state index is 12.3. The van der Waals surface area contributed by atoms with E-state index in [2.05, 4.69) is 21.2 Å². The zero-order valence-corrected chi connectivity index (χ0v) is 18.3. The molecule has 3 rings (SSSR count). The van der Waals surface area contributed by atoms with Crippen molar-refractivity contribution in [2.45, 2.75) is 20.3 Å². The van der Waals surface area contributed by atoms with Gasteiger partial charge in [0, 0.05) is 33.8 Å². The van der Waals surface area contributed by atoms with E-state index in [1.165, 1.54) is 4.90 Å². The first-order valence-electron chi connectivity index (χ1n) is 9.03. The van der Waals surface area contributed by atoms with Crippen LogP contribution in [0.1, 0.15) is 17.5 Å². The number of anilines is 2. The summed E-state index contributed by atoms with van der Waals surface area (Å²) in [7, 11) is 0. The summed E-state index contributed by atoms with van der Waals surface area (Å²) >= 11 is 9.50. The van der Waals surface area contributed by atoms with Gasteiger partial charge in [0.1, 0.15) is 0 Å². The largest absolute Gasteiger partial charge is 0.455 e. The van der Waals surface area contributed by atoms with Crippen molar-refractivity contribution in [1.29, 1.82) is 0 Å². The zero-order valence-electron chi connectivity index (χ0n) is 16.0. The van der Waals surface area contributed by atoms with Crippen LogP contribution in [-0.2, 0) is 19.1 Å². The van der Waals surface area contributed by atoms with Crippen LogP contribution in [0.15, 0.2) is 40.9 Å². The molecule has 0 saturated carbocycles. The quantitative estimate of drug-likeness (QED) is 0.651. The second kappa shape index (κ2) is 8.97. The van der Waals surface area contributed by atoms with Crippen LogP contribution in [0, 0.1) is 19.8 Å². The SMILES string of the molecule is Cc1ccc(N2C[C@H](C(=O)OCC(=O)Nc3ccc(Br)cc3C)CC2=O)cc1Cl. The minimum absolute atomic E-state index is 0.0395. The lowest BCUT2D eigenvalue weighted by molar-refractivity contribution is -0.151. The molecule has 1 heterocycles. The van der Waals surface area contributed by atoms with Gasteiger partial charge < -0.3 is 15.0 Å². The minimum Gasteiger partial charge on any atom is -0.455 e. The summed E-state index contributed by atoms with van der Waals surface area (Å²) in [6.45, 7) is 3.53. The number of esters is 1. The van der Waals surface area contributed by atoms with Crippen molar-refractivity contribution in [1.82, 2.24) is 0 Å². The summed E-state index contributed by atoms with van der Waals surface area (Å²) in [5, 5.41) is 3.27. The molecule has 0 aliphatic carbocycles. The van der Waals surface area contributed by atoms with Gasteiger partial charge in [0.25, 0.3) is 5.91 Å². The third-order valence-corrected chi connectivity index (χ3v) is 5.63. The summed E-state index contributed by atoms with van der Waals surface area (Å²) in [5.41, 5.74) is 3.08. The van der Waals surface area contributed by atoms with Gasteiger partial charge >= 0.3 is 5.97 Å². The minimum atomic E-state index is -0.621. The Hall–Kier alpha value is -2.38. The zero-order chi connectivity index (χ0) is 21.1. The monoisotopic (exact) mass is 478 g/mol. The van der Waals surface area contributed by atoms with Crippen LogP contribution in [0.4, 0.5) is 11.4 Å². The summed E-state index contributed by atoms with van der Waals surface area (Å²) < 4.78 is 6.04. The Morgan fingerprint density at radius 2 is 1.97 bits per heavy atom. The molecular formula is C21H20BrClN2O4. The van der Waals surface area contributed by atoms with Crippen LogP contribution in [0.25, 0.3) is 0 Å². The molecule has 1 N–H and O–H groups in total. The van der Waals surface area contributed by atoms with E-state index >= 15 is 0 Å². The normalized spacial score (nSPS) is 16.1. The number of nitrogens with one attached hydrogen (secondary N) is 1. The van der Waals surface area contributed by atoms with E-state index in [0.29, 0.717) is 16.4 Å². The summed E-state index contributed by atoms with van der Waals surface area (Å²) in [5.74, 6) is -1.80. The molecule has 8 heteroatoms. The van der Waals surface area contributed by atoms with E-state index in [1.54, 1.807) is 18.2 Å². The molecule has 1 aliphatic heterocycles. The molecule has 0 spiro atoms. The molecule has 152 valence electrons. The van der Waals surface area contributed by atoms with Crippen molar-refractivity contribution >= 4 is 56.7 Å². The number of carbonyl (C=O) groups excluding carboxylic acids is 3. The standard InChI is InChI=1S/C21H20BrClN2O4/c1-12-3-5-16(9-17(12)23)25-10-14(8-20(25)27)21(28)29-11-19(26)24-18-6-4-15(22)7-13(18)2/h3-7,9,14H,8,10-11H2,1-2H3,(H,24,26)/t14-/m1/s1. The topological polar surface area (TPSA) is 75.7 Å². The highest BCUT2D eigenvalue weighted by molar-refractivity contribution is 9.10. The maximum absolute atomic E-state index is 12.3. The highest BCUT2D eigenvalue weighted by Gasteiger charge is 2.36. The fourth-order valence-electron chi connectivity index (χ4n) is 3.07. The van der Waals surface area contributed by atoms with Gasteiger partial charge in [-0.2, -0.15) is 0 Å². The number of aryl methyl sites for hydroxylation is 2. The van der Waals surface area contributed by atoms with Gasteiger partial charge in [0.05, 0.1) is 5.92 Å². The average Bonchev–Trinajstić information content (AvgIpc) is 3.06. The van der Waals surface area contributed by atoms with E-state index in [4.69, 9.17) is 16.3 Å². The van der Waals surface area contributed by atoms with Gasteiger partial charge in [0.2, 0.25) is 5.91 Å². The Labute approximate surface area is 182 Å². The number of benzene rings is 2. The lowest BCUT2D eigenvalue weighted by atomic mass is 10.1. The molecule has 0 aromatic heterocycles. The van der Waals surface area contributed by atoms with Gasteiger partial charge in [-0.1, -0.05) is 33.6 Å². The average molecular weight is 480 g/mol. The molecule has 1 aliphatic rings. The first-order valence-corrected chi connectivity index (χ1v) is 10.2. The third kappa shape index (κ3) is 5.16. The Bertz CT molecular complexity index is 979. The fourth-order valence-corrected chi connectivity index (χ4v) is 3.72. The molecule has 2 aromatic carbocycles. The van der Waals surface area contributed by atoms with Crippen molar-refractivity contribution < 1.29 is 19.1 Å². The number of hydrogen-bond donors (Lipinski definition) is 1. The van der Waals surface area contributed by atoms with Gasteiger partial charge in [-0.3, -0.25) is 14.4 Å². The van der Waals surface area contributed by atoms with Gasteiger partial charge in [-0.15, -0.1) is 0 Å². The van der Waals surface area contributed by atoms with Crippen molar-refractivity contribution in [3.63, 3.8) is 0 Å². The molecule has 1 atom stereocenters. The van der Waals surface area contributed by atoms with Crippen LogP contribution in [0.3, 0.4) is 0 Å². The molecule has 6 nitrogen and oxygen atoms in total. The predicted molar refractivity (Wildman–Crippen MR) is 115 cm³/mol. The van der Waals surface area contributed by atoms with E-state index < -0.39 is 24.4 Å². The highest BCUT2D eigenvalue weighted by atomic mass is 79.9. The number of halogens is 2. The Morgan fingerprint density at radius 3 is 2.66 bits per heavy atom. The number of amides is 2. The number of rotatable bonds is 5. The Kier molecular flexibility index (Phi) is 6.59. The lowest BCUT2D eigenvalue weighted by Gasteiger charge is -2.17. The van der Waals surface area contributed by atoms with Crippen molar-refractivity contribution in [3.8, 4) is 0 Å². The number of ether oxygens (including phenoxy) is 1. The van der Waals surface area contributed by atoms with E-state index in [1.807, 2.05) is 32.0 Å².